The summed E-state index contributed by atoms with van der Waals surface area (Å²) >= 11 is 1.39. The minimum atomic E-state index is -4.54. The number of benzene rings is 7. The highest BCUT2D eigenvalue weighted by Gasteiger charge is 2.22. The molecule has 7 aromatic carbocycles. The van der Waals surface area contributed by atoms with Gasteiger partial charge in [-0.05, 0) is 69.7 Å². The van der Waals surface area contributed by atoms with Gasteiger partial charge in [0, 0.05) is 65.6 Å². The van der Waals surface area contributed by atoms with Gasteiger partial charge in [0.2, 0.25) is 11.9 Å². The number of azo groups is 2. The van der Waals surface area contributed by atoms with Crippen LogP contribution in [-0.2, 0) is 26.0 Å². The maximum Gasteiger partial charge on any atom is 0.295 e. The van der Waals surface area contributed by atoms with E-state index >= 15 is 0 Å². The predicted molar refractivity (Wildman–Crippen MR) is 291 cm³/mol. The summed E-state index contributed by atoms with van der Waals surface area (Å²) in [5.74, 6) is 1.84. The molecule has 1 heterocycles. The standard InChI is InChI=1S/C52H53N11O8S3/c1-7-62(8-2)44-28-40(42(30-46(44)70-5)60-58-38-24-26-48(73(64,65)66)36-22-16-14-20-34(36)38)53-50-55-51(57-52(56-50)72-32-33-18-12-11-13-19-33)54-41-29-45(63(9-3)10-4)47(71-6)31-43(41)61-59-39-25-27-49(74(67,68)69)37-23-17-15-21-35(37)39/h11-31H,7-10,32H2,1-6H3,(H,64,65,66)(H,67,68,69)(H2,53,54,55,56,57). The molecule has 0 spiro atoms. The zero-order valence-electron chi connectivity index (χ0n) is 41.3. The molecule has 8 rings (SSSR count). The Hall–Kier alpha value is -7.76. The maximum atomic E-state index is 12.3. The summed E-state index contributed by atoms with van der Waals surface area (Å²) in [4.78, 5) is 18.4. The fourth-order valence-corrected chi connectivity index (χ4v) is 10.5. The van der Waals surface area contributed by atoms with Crippen LogP contribution in [0.1, 0.15) is 33.3 Å². The van der Waals surface area contributed by atoms with Crippen molar-refractivity contribution in [2.24, 2.45) is 20.5 Å². The first kappa shape index (κ1) is 52.6. The molecule has 0 unspecified atom stereocenters. The van der Waals surface area contributed by atoms with Crippen molar-refractivity contribution >= 4 is 111 Å². The Kier molecular flexibility index (Phi) is 16.3. The summed E-state index contributed by atoms with van der Waals surface area (Å²) in [6.07, 6.45) is 0. The average molecular weight is 1060 g/mol. The Morgan fingerprint density at radius 3 is 1.30 bits per heavy atom. The van der Waals surface area contributed by atoms with Gasteiger partial charge in [-0.15, -0.1) is 20.5 Å². The molecule has 4 N–H and O–H groups in total. The van der Waals surface area contributed by atoms with Crippen LogP contribution in [0, 0.1) is 0 Å². The summed E-state index contributed by atoms with van der Waals surface area (Å²) in [6.45, 7) is 10.8. The fourth-order valence-electron chi connectivity index (χ4n) is 8.28. The van der Waals surface area contributed by atoms with Gasteiger partial charge < -0.3 is 29.9 Å². The van der Waals surface area contributed by atoms with Crippen LogP contribution in [0.2, 0.25) is 0 Å². The minimum Gasteiger partial charge on any atom is -0.494 e. The molecule has 1 aromatic heterocycles. The summed E-state index contributed by atoms with van der Waals surface area (Å²) < 4.78 is 81.0. The summed E-state index contributed by atoms with van der Waals surface area (Å²) in [7, 11) is -5.95. The number of aromatic nitrogens is 3. The lowest BCUT2D eigenvalue weighted by Gasteiger charge is -2.25. The molecule has 74 heavy (non-hydrogen) atoms. The summed E-state index contributed by atoms with van der Waals surface area (Å²) in [6, 6.07) is 36.0. The van der Waals surface area contributed by atoms with Gasteiger partial charge in [0.1, 0.15) is 32.7 Å². The van der Waals surface area contributed by atoms with E-state index < -0.39 is 20.2 Å². The van der Waals surface area contributed by atoms with Gasteiger partial charge in [-0.2, -0.15) is 31.8 Å². The Balaban J connectivity index is 1.26. The Morgan fingerprint density at radius 1 is 0.514 bits per heavy atom. The molecule has 0 radical (unpaired) electrons. The lowest BCUT2D eigenvalue weighted by atomic mass is 10.1. The van der Waals surface area contributed by atoms with E-state index in [0.29, 0.717) is 93.5 Å². The quantitative estimate of drug-likeness (QED) is 0.0297. The number of fused-ring (bicyclic) bond motifs is 2. The number of nitrogens with zero attached hydrogens (tertiary/aromatic N) is 9. The summed E-state index contributed by atoms with van der Waals surface area (Å²) in [5.41, 5.74) is 4.79. The first-order valence-corrected chi connectivity index (χ1v) is 27.2. The van der Waals surface area contributed by atoms with Crippen molar-refractivity contribution in [3.8, 4) is 11.5 Å². The number of hydrogen-bond acceptors (Lipinski definition) is 18. The van der Waals surface area contributed by atoms with E-state index in [4.69, 9.17) is 34.7 Å². The van der Waals surface area contributed by atoms with E-state index in [1.165, 1.54) is 36.0 Å². The number of thioether (sulfide) groups is 1. The lowest BCUT2D eigenvalue weighted by molar-refractivity contribution is 0.414. The molecule has 0 saturated heterocycles. The largest absolute Gasteiger partial charge is 0.494 e. The number of methoxy groups -OCH3 is 2. The lowest BCUT2D eigenvalue weighted by Crippen LogP contribution is -2.22. The zero-order chi connectivity index (χ0) is 52.6. The van der Waals surface area contributed by atoms with E-state index in [0.717, 1.165) is 16.9 Å². The highest BCUT2D eigenvalue weighted by molar-refractivity contribution is 7.98. The van der Waals surface area contributed by atoms with Crippen LogP contribution in [0.3, 0.4) is 0 Å². The average Bonchev–Trinajstić information content (AvgIpc) is 3.39. The third-order valence-electron chi connectivity index (χ3n) is 11.9. The second kappa shape index (κ2) is 23.0. The molecule has 0 aliphatic rings. The van der Waals surface area contributed by atoms with Gasteiger partial charge in [-0.25, -0.2) is 0 Å². The normalized spacial score (nSPS) is 11.9. The summed E-state index contributed by atoms with van der Waals surface area (Å²) in [5, 5.41) is 27.2. The Bertz CT molecular complexity index is 3420. The van der Waals surface area contributed by atoms with Crippen molar-refractivity contribution in [3.63, 3.8) is 0 Å². The van der Waals surface area contributed by atoms with E-state index in [1.807, 2.05) is 70.2 Å². The van der Waals surface area contributed by atoms with Crippen LogP contribution in [0.25, 0.3) is 21.5 Å². The van der Waals surface area contributed by atoms with Crippen molar-refractivity contribution < 1.29 is 35.4 Å². The number of anilines is 6. The molecule has 0 atom stereocenters. The van der Waals surface area contributed by atoms with Crippen LogP contribution in [0.15, 0.2) is 163 Å². The molecule has 0 saturated carbocycles. The first-order chi connectivity index (χ1) is 35.6. The smallest absolute Gasteiger partial charge is 0.295 e. The van der Waals surface area contributed by atoms with Gasteiger partial charge in [-0.3, -0.25) is 9.11 Å². The highest BCUT2D eigenvalue weighted by Crippen LogP contribution is 2.44. The third kappa shape index (κ3) is 11.9. The molecular weight excluding hydrogens is 1000 g/mol. The second-order valence-electron chi connectivity index (χ2n) is 16.3. The van der Waals surface area contributed by atoms with Crippen molar-refractivity contribution in [2.75, 3.05) is 60.8 Å². The maximum absolute atomic E-state index is 12.3. The molecule has 0 amide bonds. The zero-order valence-corrected chi connectivity index (χ0v) is 43.7. The van der Waals surface area contributed by atoms with Crippen molar-refractivity contribution in [1.29, 1.82) is 0 Å². The molecule has 382 valence electrons. The minimum absolute atomic E-state index is 0.138. The SMILES string of the molecule is CCN(CC)c1cc(Nc2nc(Nc3cc(N(CC)CC)c(OC)cc3N=Nc3ccc(S(=O)(=O)O)c4ccccc34)nc(SCc3ccccc3)n2)c(N=Nc2ccc(S(=O)(=O)O)c3ccccc23)cc1OC. The van der Waals surface area contributed by atoms with E-state index in [-0.39, 0.29) is 32.5 Å². The van der Waals surface area contributed by atoms with E-state index in [9.17, 15) is 25.9 Å². The van der Waals surface area contributed by atoms with Gasteiger partial charge >= 0.3 is 0 Å². The van der Waals surface area contributed by atoms with Gasteiger partial charge in [0.05, 0.1) is 48.3 Å². The molecule has 19 nitrogen and oxygen atoms in total. The van der Waals surface area contributed by atoms with Crippen molar-refractivity contribution in [1.82, 2.24) is 15.0 Å². The Labute approximate surface area is 433 Å². The molecule has 0 fully saturated rings. The second-order valence-corrected chi connectivity index (χ2v) is 20.0. The molecule has 0 aliphatic heterocycles. The number of ether oxygens (including phenoxy) is 2. The number of nitrogens with one attached hydrogen (secondary N) is 2. The van der Waals surface area contributed by atoms with Gasteiger partial charge in [-0.1, -0.05) is 90.6 Å². The van der Waals surface area contributed by atoms with Crippen molar-refractivity contribution in [3.05, 3.63) is 133 Å². The molecule has 8 aromatic rings. The monoisotopic (exact) mass is 1060 g/mol. The number of rotatable bonds is 21. The molecule has 0 bridgehead atoms. The Morgan fingerprint density at radius 2 is 0.905 bits per heavy atom. The highest BCUT2D eigenvalue weighted by atomic mass is 32.2. The topological polar surface area (TPSA) is 246 Å². The molecular formula is C52H53N11O8S3. The number of hydrogen-bond donors (Lipinski definition) is 4. The molecule has 22 heteroatoms. The van der Waals surface area contributed by atoms with Crippen LogP contribution in [-0.4, -0.2) is 81.3 Å². The van der Waals surface area contributed by atoms with Crippen LogP contribution in [0.5, 0.6) is 11.5 Å². The van der Waals surface area contributed by atoms with E-state index in [1.54, 1.807) is 74.9 Å². The first-order valence-electron chi connectivity index (χ1n) is 23.4. The van der Waals surface area contributed by atoms with Gasteiger partial charge in [0.25, 0.3) is 20.2 Å². The van der Waals surface area contributed by atoms with Crippen LogP contribution in [0.4, 0.5) is 57.4 Å². The van der Waals surface area contributed by atoms with Crippen LogP contribution < -0.4 is 29.9 Å². The van der Waals surface area contributed by atoms with Crippen molar-refractivity contribution in [2.45, 2.75) is 48.4 Å². The fraction of sp³-hybridized carbons (Fsp3) is 0.212. The molecule has 0 aliphatic carbocycles. The van der Waals surface area contributed by atoms with Gasteiger partial charge in [0.15, 0.2) is 5.16 Å². The predicted octanol–water partition coefficient (Wildman–Crippen LogP) is 13.0. The van der Waals surface area contributed by atoms with Crippen LogP contribution >= 0.6 is 11.8 Å². The van der Waals surface area contributed by atoms with E-state index in [2.05, 4.69) is 30.7 Å². The third-order valence-corrected chi connectivity index (χ3v) is 14.7.